The van der Waals surface area contributed by atoms with Gasteiger partial charge >= 0.3 is 0 Å². The number of sulfonamides is 1. The molecule has 1 amide bonds. The molecule has 0 unspecified atom stereocenters. The van der Waals surface area contributed by atoms with Gasteiger partial charge in [0, 0.05) is 30.5 Å². The molecule has 0 spiro atoms. The van der Waals surface area contributed by atoms with Crippen LogP contribution >= 0.6 is 0 Å². The number of anilines is 1. The third-order valence-electron chi connectivity index (χ3n) is 6.92. The lowest BCUT2D eigenvalue weighted by atomic mass is 10.0. The molecule has 1 N–H and O–H groups in total. The molecule has 204 valence electrons. The number of rotatable bonds is 7. The summed E-state index contributed by atoms with van der Waals surface area (Å²) in [7, 11) is -0.646. The van der Waals surface area contributed by atoms with E-state index in [-0.39, 0.29) is 10.6 Å². The molecule has 1 fully saturated rings. The van der Waals surface area contributed by atoms with Gasteiger partial charge in [-0.1, -0.05) is 12.1 Å². The Labute approximate surface area is 227 Å². The Morgan fingerprint density at radius 3 is 2.41 bits per heavy atom. The number of ether oxygens (including phenoxy) is 2. The van der Waals surface area contributed by atoms with E-state index >= 15 is 0 Å². The topological polar surface area (TPSA) is 115 Å². The number of aryl methyl sites for hydroxylation is 3. The number of nitrogens with one attached hydrogen (secondary N) is 1. The second kappa shape index (κ2) is 10.3. The lowest BCUT2D eigenvalue weighted by molar-refractivity contribution is 0.102. The summed E-state index contributed by atoms with van der Waals surface area (Å²) in [6.45, 7) is 6.52. The molecule has 0 atom stereocenters. The molecule has 5 rings (SSSR count). The largest absolute Gasteiger partial charge is 0.497 e. The summed E-state index contributed by atoms with van der Waals surface area (Å²) >= 11 is 0. The molecule has 2 aromatic carbocycles. The van der Waals surface area contributed by atoms with Crippen molar-refractivity contribution in [1.29, 1.82) is 0 Å². The number of benzene rings is 2. The highest BCUT2D eigenvalue weighted by Gasteiger charge is 2.30. The summed E-state index contributed by atoms with van der Waals surface area (Å²) in [5.41, 5.74) is 4.13. The average molecular weight is 550 g/mol. The van der Waals surface area contributed by atoms with Crippen LogP contribution in [0.2, 0.25) is 0 Å². The summed E-state index contributed by atoms with van der Waals surface area (Å²) in [6, 6.07) is 12.2. The molecule has 1 aliphatic heterocycles. The summed E-state index contributed by atoms with van der Waals surface area (Å²) in [5, 5.41) is 7.51. The minimum absolute atomic E-state index is 0.106. The second-order valence-corrected chi connectivity index (χ2v) is 11.5. The molecule has 10 nitrogen and oxygen atoms in total. The summed E-state index contributed by atoms with van der Waals surface area (Å²) < 4.78 is 40.9. The van der Waals surface area contributed by atoms with Gasteiger partial charge in [-0.25, -0.2) is 17.9 Å². The van der Waals surface area contributed by atoms with Crippen molar-refractivity contribution >= 4 is 27.3 Å². The monoisotopic (exact) mass is 549 g/mol. The first kappa shape index (κ1) is 26.6. The predicted octanol–water partition coefficient (Wildman–Crippen LogP) is 4.38. The quantitative estimate of drug-likeness (QED) is 0.364. The van der Waals surface area contributed by atoms with Crippen molar-refractivity contribution in [3.8, 4) is 22.6 Å². The van der Waals surface area contributed by atoms with Crippen molar-refractivity contribution in [2.45, 2.75) is 38.5 Å². The highest BCUT2D eigenvalue weighted by molar-refractivity contribution is 7.89. The van der Waals surface area contributed by atoms with Gasteiger partial charge in [0.1, 0.15) is 11.5 Å². The van der Waals surface area contributed by atoms with E-state index in [1.807, 2.05) is 19.9 Å². The number of hydrogen-bond acceptors (Lipinski definition) is 7. The summed E-state index contributed by atoms with van der Waals surface area (Å²) in [4.78, 5) is 18.7. The number of amides is 1. The third kappa shape index (κ3) is 4.83. The average Bonchev–Trinajstić information content (AvgIpc) is 3.58. The van der Waals surface area contributed by atoms with Gasteiger partial charge in [0.05, 0.1) is 30.4 Å². The number of carbonyl (C=O) groups excluding carboxylic acids is 1. The molecule has 2 aromatic heterocycles. The van der Waals surface area contributed by atoms with E-state index in [2.05, 4.69) is 10.4 Å². The number of hydrogen-bond donors (Lipinski definition) is 1. The minimum Gasteiger partial charge on any atom is -0.497 e. The van der Waals surface area contributed by atoms with Gasteiger partial charge in [0.25, 0.3) is 5.91 Å². The first-order chi connectivity index (χ1) is 18.6. The van der Waals surface area contributed by atoms with E-state index in [0.29, 0.717) is 52.6 Å². The molecule has 1 aliphatic rings. The number of aromatic nitrogens is 3. The van der Waals surface area contributed by atoms with Gasteiger partial charge in [0.15, 0.2) is 11.3 Å². The smallest absolute Gasteiger partial charge is 0.277 e. The molecule has 4 aromatic rings. The zero-order chi connectivity index (χ0) is 27.9. The van der Waals surface area contributed by atoms with Crippen LogP contribution in [0.1, 0.15) is 40.3 Å². The van der Waals surface area contributed by atoms with E-state index in [0.717, 1.165) is 24.2 Å². The van der Waals surface area contributed by atoms with Crippen LogP contribution in [0.5, 0.6) is 11.5 Å². The highest BCUT2D eigenvalue weighted by atomic mass is 32.2. The minimum atomic E-state index is -3.70. The summed E-state index contributed by atoms with van der Waals surface area (Å²) in [5.74, 6) is 0.502. The van der Waals surface area contributed by atoms with Crippen molar-refractivity contribution in [2.24, 2.45) is 0 Å². The Hall–Kier alpha value is -3.96. The van der Waals surface area contributed by atoms with Crippen LogP contribution in [0.3, 0.4) is 0 Å². The lowest BCUT2D eigenvalue weighted by Crippen LogP contribution is -2.28. The maximum atomic E-state index is 13.8. The first-order valence-corrected chi connectivity index (χ1v) is 14.1. The van der Waals surface area contributed by atoms with Crippen molar-refractivity contribution < 1.29 is 22.7 Å². The van der Waals surface area contributed by atoms with Crippen molar-refractivity contribution in [3.05, 3.63) is 65.1 Å². The molecule has 0 saturated carbocycles. The van der Waals surface area contributed by atoms with E-state index in [1.54, 1.807) is 47.8 Å². The van der Waals surface area contributed by atoms with Crippen LogP contribution in [0, 0.1) is 20.8 Å². The van der Waals surface area contributed by atoms with E-state index in [1.165, 1.54) is 18.5 Å². The Kier molecular flexibility index (Phi) is 7.04. The van der Waals surface area contributed by atoms with Crippen molar-refractivity contribution in [3.63, 3.8) is 0 Å². The van der Waals surface area contributed by atoms with Gasteiger partial charge in [-0.15, -0.1) is 0 Å². The number of nitrogens with zero attached hydrogens (tertiary/aromatic N) is 4. The van der Waals surface area contributed by atoms with E-state index in [9.17, 15) is 13.2 Å². The first-order valence-electron chi connectivity index (χ1n) is 12.7. The van der Waals surface area contributed by atoms with Gasteiger partial charge in [-0.3, -0.25) is 4.79 Å². The molecular weight excluding hydrogens is 518 g/mol. The normalized spacial score (nSPS) is 14.1. The molecular formula is C28H31N5O5S. The fourth-order valence-corrected chi connectivity index (χ4v) is 6.71. The van der Waals surface area contributed by atoms with Gasteiger partial charge in [-0.2, -0.15) is 9.40 Å². The molecule has 1 saturated heterocycles. The Morgan fingerprint density at radius 1 is 0.974 bits per heavy atom. The van der Waals surface area contributed by atoms with E-state index in [4.69, 9.17) is 14.5 Å². The van der Waals surface area contributed by atoms with Crippen molar-refractivity contribution in [1.82, 2.24) is 18.9 Å². The SMILES string of the molecule is COc1ccc(OC)c(NC(=O)c2nn3c(C)cc(C)nc3c2-c2ccc(C)c(S(=O)(=O)N3CCCC3)c2)c1. The van der Waals surface area contributed by atoms with Gasteiger partial charge < -0.3 is 14.8 Å². The maximum absolute atomic E-state index is 13.8. The van der Waals surface area contributed by atoms with Crippen LogP contribution in [0.4, 0.5) is 5.69 Å². The highest BCUT2D eigenvalue weighted by Crippen LogP contribution is 2.35. The van der Waals surface area contributed by atoms with Crippen LogP contribution in [-0.4, -0.2) is 60.5 Å². The number of methoxy groups -OCH3 is 2. The fraction of sp³-hybridized carbons (Fsp3) is 0.321. The van der Waals surface area contributed by atoms with Crippen LogP contribution in [0.25, 0.3) is 16.8 Å². The molecule has 0 radical (unpaired) electrons. The maximum Gasteiger partial charge on any atom is 0.277 e. The standard InChI is InChI=1S/C28H31N5O5S/c1-17-8-9-20(15-24(17)39(35,36)32-12-6-7-13-32)25-26(31-33-19(3)14-18(2)29-27(25)33)28(34)30-22-16-21(37-4)10-11-23(22)38-5/h8-11,14-16H,6-7,12-13H2,1-5H3,(H,30,34). The predicted molar refractivity (Wildman–Crippen MR) is 148 cm³/mol. The number of fused-ring (bicyclic) bond motifs is 1. The molecule has 39 heavy (non-hydrogen) atoms. The zero-order valence-electron chi connectivity index (χ0n) is 22.6. The summed E-state index contributed by atoms with van der Waals surface area (Å²) in [6.07, 6.45) is 1.68. The fourth-order valence-electron chi connectivity index (χ4n) is 4.94. The number of carbonyl (C=O) groups is 1. The van der Waals surface area contributed by atoms with Gasteiger partial charge in [0.2, 0.25) is 10.0 Å². The molecule has 0 aliphatic carbocycles. The van der Waals surface area contributed by atoms with Crippen molar-refractivity contribution in [2.75, 3.05) is 32.6 Å². The second-order valence-electron chi connectivity index (χ2n) is 9.61. The molecule has 0 bridgehead atoms. The van der Waals surface area contributed by atoms with Gasteiger partial charge in [-0.05, 0) is 69.0 Å². The lowest BCUT2D eigenvalue weighted by Gasteiger charge is -2.18. The Bertz CT molecular complexity index is 1690. The third-order valence-corrected chi connectivity index (χ3v) is 8.97. The van der Waals surface area contributed by atoms with Crippen LogP contribution in [0.15, 0.2) is 47.4 Å². The van der Waals surface area contributed by atoms with E-state index < -0.39 is 15.9 Å². The Morgan fingerprint density at radius 2 is 1.72 bits per heavy atom. The molecule has 11 heteroatoms. The van der Waals surface area contributed by atoms with Crippen LogP contribution in [-0.2, 0) is 10.0 Å². The van der Waals surface area contributed by atoms with Crippen LogP contribution < -0.4 is 14.8 Å². The zero-order valence-corrected chi connectivity index (χ0v) is 23.4. The molecule has 3 heterocycles. The Balaban J connectivity index is 1.68.